The quantitative estimate of drug-likeness (QED) is 0.571. The van der Waals surface area contributed by atoms with Crippen LogP contribution >= 0.6 is 0 Å². The lowest BCUT2D eigenvalue weighted by Gasteiger charge is -2.20. The van der Waals surface area contributed by atoms with Crippen LogP contribution in [0.2, 0.25) is 0 Å². The Bertz CT molecular complexity index is 74.8. The van der Waals surface area contributed by atoms with E-state index in [0.29, 0.717) is 0 Å². The van der Waals surface area contributed by atoms with Crippen LogP contribution in [0.3, 0.4) is 0 Å². The summed E-state index contributed by atoms with van der Waals surface area (Å²) in [5.74, 6) is 0. The monoisotopic (exact) mass is 140 g/mol. The molecule has 0 spiro atoms. The van der Waals surface area contributed by atoms with E-state index in [9.17, 15) is 0 Å². The van der Waals surface area contributed by atoms with Gasteiger partial charge in [0, 0.05) is 12.6 Å². The number of hydrogen-bond donors (Lipinski definition) is 0. The van der Waals surface area contributed by atoms with Gasteiger partial charge < -0.3 is 0 Å². The summed E-state index contributed by atoms with van der Waals surface area (Å²) in [4.78, 5) is 0. The van der Waals surface area contributed by atoms with E-state index in [1.54, 1.807) is 0 Å². The van der Waals surface area contributed by atoms with Gasteiger partial charge in [-0.05, 0) is 19.3 Å². The maximum Gasteiger partial charge on any atom is 0.0246 e. The first-order chi connectivity index (χ1) is 4.93. The molecule has 10 heavy (non-hydrogen) atoms. The first-order valence-corrected chi connectivity index (χ1v) is 4.60. The van der Waals surface area contributed by atoms with Crippen molar-refractivity contribution in [2.75, 3.05) is 6.54 Å². The van der Waals surface area contributed by atoms with Gasteiger partial charge in [-0.1, -0.05) is 26.2 Å². The summed E-state index contributed by atoms with van der Waals surface area (Å²) >= 11 is 0. The van der Waals surface area contributed by atoms with Gasteiger partial charge >= 0.3 is 0 Å². The summed E-state index contributed by atoms with van der Waals surface area (Å²) in [5, 5.41) is 4.57. The summed E-state index contributed by atoms with van der Waals surface area (Å²) in [5.41, 5.74) is 0. The van der Waals surface area contributed by atoms with Gasteiger partial charge in [0.25, 0.3) is 0 Å². The highest BCUT2D eigenvalue weighted by Crippen LogP contribution is 2.13. The Hall–Kier alpha value is -0.0400. The van der Waals surface area contributed by atoms with Crippen LogP contribution in [0.25, 0.3) is 0 Å². The summed E-state index contributed by atoms with van der Waals surface area (Å²) in [6.07, 6.45) is 8.15. The van der Waals surface area contributed by atoms with Crippen molar-refractivity contribution in [2.24, 2.45) is 0 Å². The fourth-order valence-corrected chi connectivity index (χ4v) is 1.53. The Morgan fingerprint density at radius 2 is 2.30 bits per heavy atom. The van der Waals surface area contributed by atoms with Crippen LogP contribution < -0.4 is 5.32 Å². The molecule has 1 atom stereocenters. The van der Waals surface area contributed by atoms with Gasteiger partial charge in [-0.15, -0.1) is 0 Å². The lowest BCUT2D eigenvalue weighted by atomic mass is 10.0. The Morgan fingerprint density at radius 3 is 2.90 bits per heavy atom. The summed E-state index contributed by atoms with van der Waals surface area (Å²) in [6, 6.07) is 0.730. The number of hydrogen-bond acceptors (Lipinski definition) is 0. The average Bonchev–Trinajstić information content (AvgIpc) is 2.03. The third-order valence-corrected chi connectivity index (χ3v) is 2.22. The van der Waals surface area contributed by atoms with Crippen LogP contribution in [0.15, 0.2) is 0 Å². The van der Waals surface area contributed by atoms with E-state index in [4.69, 9.17) is 0 Å². The molecule has 1 heterocycles. The molecular weight excluding hydrogens is 122 g/mol. The largest absolute Gasteiger partial charge is 0.238 e. The third kappa shape index (κ3) is 2.70. The van der Waals surface area contributed by atoms with Gasteiger partial charge in [0.2, 0.25) is 0 Å². The summed E-state index contributed by atoms with van der Waals surface area (Å²) in [6.45, 7) is 3.39. The first-order valence-electron chi connectivity index (χ1n) is 4.60. The highest BCUT2D eigenvalue weighted by molar-refractivity contribution is 4.70. The maximum absolute atomic E-state index is 4.57. The zero-order chi connectivity index (χ0) is 7.23. The lowest BCUT2D eigenvalue weighted by molar-refractivity contribution is 0.367. The predicted molar refractivity (Wildman–Crippen MR) is 44.2 cm³/mol. The molecule has 1 saturated heterocycles. The molecule has 0 N–H and O–H groups in total. The zero-order valence-corrected chi connectivity index (χ0v) is 6.97. The van der Waals surface area contributed by atoms with Gasteiger partial charge in [-0.3, -0.25) is 0 Å². The Morgan fingerprint density at radius 1 is 1.40 bits per heavy atom. The first kappa shape index (κ1) is 8.06. The molecule has 1 aliphatic rings. The molecule has 0 saturated carbocycles. The second-order valence-corrected chi connectivity index (χ2v) is 3.20. The Balaban J connectivity index is 2.02. The molecule has 1 rings (SSSR count). The normalized spacial score (nSPS) is 26.7. The third-order valence-electron chi connectivity index (χ3n) is 2.22. The highest BCUT2D eigenvalue weighted by atomic mass is 14.9. The minimum atomic E-state index is 0.730. The van der Waals surface area contributed by atoms with Crippen molar-refractivity contribution in [1.82, 2.24) is 5.32 Å². The highest BCUT2D eigenvalue weighted by Gasteiger charge is 2.11. The van der Waals surface area contributed by atoms with Crippen LogP contribution in [0.4, 0.5) is 0 Å². The molecule has 1 heteroatoms. The van der Waals surface area contributed by atoms with Crippen LogP contribution in [0.1, 0.15) is 45.4 Å². The van der Waals surface area contributed by atoms with E-state index in [1.807, 2.05) is 0 Å². The van der Waals surface area contributed by atoms with Crippen molar-refractivity contribution < 1.29 is 0 Å². The zero-order valence-electron chi connectivity index (χ0n) is 6.97. The SMILES string of the molecule is CCCCC1CCCC[N]1. The van der Waals surface area contributed by atoms with Crippen molar-refractivity contribution in [2.45, 2.75) is 51.5 Å². The predicted octanol–water partition coefficient (Wildman–Crippen LogP) is 2.33. The smallest absolute Gasteiger partial charge is 0.0246 e. The Kier molecular flexibility index (Phi) is 3.81. The lowest BCUT2D eigenvalue weighted by Crippen LogP contribution is -2.27. The fourth-order valence-electron chi connectivity index (χ4n) is 1.53. The van der Waals surface area contributed by atoms with Crippen molar-refractivity contribution >= 4 is 0 Å². The van der Waals surface area contributed by atoms with E-state index in [0.717, 1.165) is 12.6 Å². The van der Waals surface area contributed by atoms with E-state index in [2.05, 4.69) is 12.2 Å². The summed E-state index contributed by atoms with van der Waals surface area (Å²) < 4.78 is 0. The maximum atomic E-state index is 4.57. The number of rotatable bonds is 3. The molecule has 59 valence electrons. The van der Waals surface area contributed by atoms with E-state index >= 15 is 0 Å². The van der Waals surface area contributed by atoms with E-state index < -0.39 is 0 Å². The molecule has 1 nitrogen and oxygen atoms in total. The molecule has 0 aromatic rings. The van der Waals surface area contributed by atoms with Gasteiger partial charge in [-0.25, -0.2) is 5.32 Å². The van der Waals surface area contributed by atoms with Crippen molar-refractivity contribution in [3.05, 3.63) is 0 Å². The van der Waals surface area contributed by atoms with E-state index in [-0.39, 0.29) is 0 Å². The second-order valence-electron chi connectivity index (χ2n) is 3.20. The molecular formula is C9H18N. The van der Waals surface area contributed by atoms with Crippen LogP contribution in [0.5, 0.6) is 0 Å². The van der Waals surface area contributed by atoms with Crippen molar-refractivity contribution in [3.8, 4) is 0 Å². The number of nitrogens with zero attached hydrogens (tertiary/aromatic N) is 1. The number of piperidine rings is 1. The van der Waals surface area contributed by atoms with Gasteiger partial charge in [-0.2, -0.15) is 0 Å². The van der Waals surface area contributed by atoms with Crippen LogP contribution in [0, 0.1) is 0 Å². The standard InChI is InChI=1S/C9H18N/c1-2-3-6-9-7-4-5-8-10-9/h9H,2-8H2,1H3. The minimum Gasteiger partial charge on any atom is -0.238 e. The molecule has 0 aromatic carbocycles. The topological polar surface area (TPSA) is 14.1 Å². The van der Waals surface area contributed by atoms with Gasteiger partial charge in [0.15, 0.2) is 0 Å². The average molecular weight is 140 g/mol. The molecule has 1 aliphatic heterocycles. The van der Waals surface area contributed by atoms with Gasteiger partial charge in [0.05, 0.1) is 0 Å². The van der Waals surface area contributed by atoms with Crippen LogP contribution in [-0.4, -0.2) is 12.6 Å². The summed E-state index contributed by atoms with van der Waals surface area (Å²) in [7, 11) is 0. The fraction of sp³-hybridized carbons (Fsp3) is 1.00. The second kappa shape index (κ2) is 4.73. The molecule has 1 radical (unpaired) electrons. The van der Waals surface area contributed by atoms with E-state index in [1.165, 1.54) is 38.5 Å². The molecule has 1 fully saturated rings. The molecule has 0 amide bonds. The molecule has 0 aliphatic carbocycles. The Labute approximate surface area is 64.2 Å². The van der Waals surface area contributed by atoms with Gasteiger partial charge in [0.1, 0.15) is 0 Å². The van der Waals surface area contributed by atoms with Crippen molar-refractivity contribution in [1.29, 1.82) is 0 Å². The minimum absolute atomic E-state index is 0.730. The molecule has 0 bridgehead atoms. The van der Waals surface area contributed by atoms with Crippen LogP contribution in [-0.2, 0) is 0 Å². The number of unbranched alkanes of at least 4 members (excludes halogenated alkanes) is 1. The molecule has 1 unspecified atom stereocenters. The molecule has 0 aromatic heterocycles. The van der Waals surface area contributed by atoms with Crippen molar-refractivity contribution in [3.63, 3.8) is 0 Å².